The van der Waals surface area contributed by atoms with Gasteiger partial charge in [0.1, 0.15) is 4.99 Å². The van der Waals surface area contributed by atoms with Gasteiger partial charge in [0.2, 0.25) is 0 Å². The lowest BCUT2D eigenvalue weighted by Crippen LogP contribution is -2.13. The van der Waals surface area contributed by atoms with Gasteiger partial charge >= 0.3 is 0 Å². The molecule has 0 aliphatic heterocycles. The van der Waals surface area contributed by atoms with Crippen LogP contribution in [-0.2, 0) is 0 Å². The minimum Gasteiger partial charge on any atom is -0.389 e. The molecule has 0 aliphatic carbocycles. The van der Waals surface area contributed by atoms with Crippen molar-refractivity contribution in [3.8, 4) is 0 Å². The summed E-state index contributed by atoms with van der Waals surface area (Å²) < 4.78 is 0.872. The van der Waals surface area contributed by atoms with Crippen molar-refractivity contribution in [3.63, 3.8) is 0 Å². The van der Waals surface area contributed by atoms with E-state index in [0.29, 0.717) is 10.0 Å². The van der Waals surface area contributed by atoms with Crippen molar-refractivity contribution in [2.45, 2.75) is 6.92 Å². The molecule has 19 heavy (non-hydrogen) atoms. The van der Waals surface area contributed by atoms with Crippen molar-refractivity contribution in [1.29, 1.82) is 0 Å². The fraction of sp³-hybridized carbons (Fsp3) is 0.0714. The molecule has 2 aromatic carbocycles. The van der Waals surface area contributed by atoms with E-state index in [1.165, 1.54) is 0 Å². The van der Waals surface area contributed by atoms with Crippen molar-refractivity contribution in [1.82, 2.24) is 0 Å². The van der Waals surface area contributed by atoms with Crippen molar-refractivity contribution in [2.75, 3.05) is 5.32 Å². The average molecular weight is 356 g/mol. The van der Waals surface area contributed by atoms with E-state index in [2.05, 4.69) is 21.2 Å². The summed E-state index contributed by atoms with van der Waals surface area (Å²) in [5.41, 5.74) is 9.47. The van der Waals surface area contributed by atoms with Gasteiger partial charge in [-0.1, -0.05) is 29.9 Å². The number of aryl methyl sites for hydroxylation is 1. The van der Waals surface area contributed by atoms with Gasteiger partial charge in [0.05, 0.1) is 0 Å². The molecule has 0 amide bonds. The van der Waals surface area contributed by atoms with Crippen molar-refractivity contribution in [2.24, 2.45) is 5.73 Å². The maximum Gasteiger partial charge on any atom is 0.107 e. The minimum absolute atomic E-state index is 0.349. The normalized spacial score (nSPS) is 10.3. The second-order valence-corrected chi connectivity index (χ2v) is 5.84. The number of nitrogens with one attached hydrogen (secondary N) is 1. The molecule has 0 radical (unpaired) electrons. The third-order valence-electron chi connectivity index (χ3n) is 2.72. The van der Waals surface area contributed by atoms with Crippen LogP contribution in [-0.4, -0.2) is 4.99 Å². The first-order chi connectivity index (χ1) is 8.99. The van der Waals surface area contributed by atoms with Crippen molar-refractivity contribution >= 4 is 56.1 Å². The lowest BCUT2D eigenvalue weighted by molar-refractivity contribution is 1.42. The Hall–Kier alpha value is -1.10. The van der Waals surface area contributed by atoms with Crippen LogP contribution in [0.25, 0.3) is 0 Å². The Labute approximate surface area is 131 Å². The number of hydrogen-bond acceptors (Lipinski definition) is 2. The fourth-order valence-corrected chi connectivity index (χ4v) is 2.95. The lowest BCUT2D eigenvalue weighted by atomic mass is 10.1. The molecule has 0 atom stereocenters. The number of halogens is 2. The molecular weight excluding hydrogens is 344 g/mol. The molecule has 0 fully saturated rings. The topological polar surface area (TPSA) is 38.0 Å². The van der Waals surface area contributed by atoms with Crippen LogP contribution in [0.3, 0.4) is 0 Å². The van der Waals surface area contributed by atoms with Gasteiger partial charge in [-0.25, -0.2) is 0 Å². The van der Waals surface area contributed by atoms with E-state index in [9.17, 15) is 0 Å². The van der Waals surface area contributed by atoms with Gasteiger partial charge in [-0.05, 0) is 58.7 Å². The molecule has 3 N–H and O–H groups in total. The maximum absolute atomic E-state index is 5.95. The zero-order chi connectivity index (χ0) is 14.0. The summed E-state index contributed by atoms with van der Waals surface area (Å²) in [4.78, 5) is 0.349. The number of hydrogen-bond donors (Lipinski definition) is 2. The Morgan fingerprint density at radius 2 is 2.00 bits per heavy atom. The van der Waals surface area contributed by atoms with Crippen LogP contribution in [0.5, 0.6) is 0 Å². The molecule has 0 saturated heterocycles. The number of benzene rings is 2. The van der Waals surface area contributed by atoms with Crippen LogP contribution in [0.2, 0.25) is 5.02 Å². The number of rotatable bonds is 3. The molecule has 0 heterocycles. The van der Waals surface area contributed by atoms with E-state index < -0.39 is 0 Å². The predicted molar refractivity (Wildman–Crippen MR) is 89.5 cm³/mol. The molecule has 98 valence electrons. The molecule has 0 aliphatic rings. The highest BCUT2D eigenvalue weighted by Gasteiger charge is 2.10. The van der Waals surface area contributed by atoms with Crippen molar-refractivity contribution < 1.29 is 0 Å². The molecule has 0 bridgehead atoms. The number of nitrogens with two attached hydrogens (primary N) is 1. The van der Waals surface area contributed by atoms with Crippen LogP contribution in [0, 0.1) is 6.92 Å². The van der Waals surface area contributed by atoms with Crippen LogP contribution in [0.15, 0.2) is 40.9 Å². The Morgan fingerprint density at radius 3 is 2.63 bits per heavy atom. The summed E-state index contributed by atoms with van der Waals surface area (Å²) in [6.07, 6.45) is 0. The first-order valence-electron chi connectivity index (χ1n) is 5.60. The highest BCUT2D eigenvalue weighted by molar-refractivity contribution is 9.10. The van der Waals surface area contributed by atoms with Crippen LogP contribution in [0.4, 0.5) is 11.4 Å². The standard InChI is InChI=1S/C14H12BrClN2S/c1-8-7-9(16)5-6-11(8)18-12-4-2-3-10(15)13(12)14(17)19/h2-7,18H,1H3,(H2,17,19). The van der Waals surface area contributed by atoms with E-state index in [-0.39, 0.29) is 0 Å². The van der Waals surface area contributed by atoms with Gasteiger partial charge in [0.25, 0.3) is 0 Å². The number of anilines is 2. The van der Waals surface area contributed by atoms with Crippen LogP contribution >= 0.6 is 39.7 Å². The SMILES string of the molecule is Cc1cc(Cl)ccc1Nc1cccc(Br)c1C(N)=S. The molecular formula is C14H12BrClN2S. The summed E-state index contributed by atoms with van der Waals surface area (Å²) in [5.74, 6) is 0. The smallest absolute Gasteiger partial charge is 0.107 e. The Bertz CT molecular complexity index is 643. The van der Waals surface area contributed by atoms with E-state index in [4.69, 9.17) is 29.6 Å². The van der Waals surface area contributed by atoms with E-state index >= 15 is 0 Å². The van der Waals surface area contributed by atoms with E-state index in [1.54, 1.807) is 0 Å². The number of thiocarbonyl (C=S) groups is 1. The first-order valence-corrected chi connectivity index (χ1v) is 7.18. The van der Waals surface area contributed by atoms with E-state index in [1.807, 2.05) is 43.3 Å². The lowest BCUT2D eigenvalue weighted by Gasteiger charge is -2.14. The Kier molecular flexibility index (Phi) is 4.45. The van der Waals surface area contributed by atoms with Crippen LogP contribution in [0.1, 0.15) is 11.1 Å². The third-order valence-corrected chi connectivity index (χ3v) is 3.82. The molecule has 0 aromatic heterocycles. The quantitative estimate of drug-likeness (QED) is 0.778. The van der Waals surface area contributed by atoms with E-state index in [0.717, 1.165) is 27.0 Å². The zero-order valence-electron chi connectivity index (χ0n) is 10.2. The molecule has 2 nitrogen and oxygen atoms in total. The summed E-state index contributed by atoms with van der Waals surface area (Å²) in [7, 11) is 0. The second-order valence-electron chi connectivity index (χ2n) is 4.11. The second kappa shape index (κ2) is 5.90. The molecule has 5 heteroatoms. The summed E-state index contributed by atoms with van der Waals surface area (Å²) >= 11 is 14.5. The highest BCUT2D eigenvalue weighted by Crippen LogP contribution is 2.29. The molecule has 2 aromatic rings. The maximum atomic E-state index is 5.95. The highest BCUT2D eigenvalue weighted by atomic mass is 79.9. The van der Waals surface area contributed by atoms with Gasteiger partial charge in [-0.2, -0.15) is 0 Å². The van der Waals surface area contributed by atoms with Gasteiger partial charge in [-0.15, -0.1) is 0 Å². The zero-order valence-corrected chi connectivity index (χ0v) is 13.4. The molecule has 0 saturated carbocycles. The molecule has 2 rings (SSSR count). The van der Waals surface area contributed by atoms with Gasteiger partial charge in [0, 0.05) is 26.4 Å². The van der Waals surface area contributed by atoms with Crippen molar-refractivity contribution in [3.05, 3.63) is 57.0 Å². The predicted octanol–water partition coefficient (Wildman–Crippen LogP) is 4.79. The summed E-state index contributed by atoms with van der Waals surface area (Å²) in [6.45, 7) is 1.99. The fourth-order valence-electron chi connectivity index (χ4n) is 1.79. The van der Waals surface area contributed by atoms with Gasteiger partial charge in [-0.3, -0.25) is 0 Å². The first kappa shape index (κ1) is 14.3. The minimum atomic E-state index is 0.349. The Balaban J connectivity index is 2.44. The third kappa shape index (κ3) is 3.26. The Morgan fingerprint density at radius 1 is 1.26 bits per heavy atom. The molecule has 0 spiro atoms. The average Bonchev–Trinajstić information content (AvgIpc) is 2.32. The summed E-state index contributed by atoms with van der Waals surface area (Å²) in [6, 6.07) is 11.5. The van der Waals surface area contributed by atoms with Gasteiger partial charge < -0.3 is 11.1 Å². The monoisotopic (exact) mass is 354 g/mol. The van der Waals surface area contributed by atoms with Gasteiger partial charge in [0.15, 0.2) is 0 Å². The molecule has 0 unspecified atom stereocenters. The van der Waals surface area contributed by atoms with Crippen LogP contribution < -0.4 is 11.1 Å². The summed E-state index contributed by atoms with van der Waals surface area (Å²) in [5, 5.41) is 4.05. The largest absolute Gasteiger partial charge is 0.389 e.